The Bertz CT molecular complexity index is 1610. The Morgan fingerprint density at radius 1 is 1.19 bits per heavy atom. The van der Waals surface area contributed by atoms with Gasteiger partial charge in [0.2, 0.25) is 0 Å². The highest BCUT2D eigenvalue weighted by molar-refractivity contribution is 5.65. The average molecular weight is 494 g/mol. The molecule has 4 heterocycles. The maximum Gasteiger partial charge on any atom is 0.418 e. The molecule has 1 aliphatic carbocycles. The van der Waals surface area contributed by atoms with Crippen molar-refractivity contribution in [3.63, 3.8) is 0 Å². The van der Waals surface area contributed by atoms with Crippen molar-refractivity contribution >= 4 is 5.52 Å². The van der Waals surface area contributed by atoms with E-state index in [1.807, 2.05) is 23.7 Å². The van der Waals surface area contributed by atoms with E-state index in [9.17, 15) is 18.0 Å². The molecule has 0 unspecified atom stereocenters. The zero-order valence-corrected chi connectivity index (χ0v) is 19.1. The Balaban J connectivity index is 1.59. The van der Waals surface area contributed by atoms with Crippen LogP contribution < -0.4 is 5.69 Å². The van der Waals surface area contributed by atoms with Crippen LogP contribution >= 0.6 is 0 Å². The van der Waals surface area contributed by atoms with Gasteiger partial charge in [0.05, 0.1) is 23.0 Å². The first-order chi connectivity index (χ1) is 17.3. The highest BCUT2D eigenvalue weighted by atomic mass is 19.4. The van der Waals surface area contributed by atoms with Gasteiger partial charge in [-0.2, -0.15) is 28.6 Å². The van der Waals surface area contributed by atoms with Crippen LogP contribution in [-0.2, 0) is 13.2 Å². The van der Waals surface area contributed by atoms with Crippen molar-refractivity contribution in [1.82, 2.24) is 39.1 Å². The van der Waals surface area contributed by atoms with Crippen LogP contribution in [0.3, 0.4) is 0 Å². The Kier molecular flexibility index (Phi) is 5.06. The summed E-state index contributed by atoms with van der Waals surface area (Å²) >= 11 is 0. The summed E-state index contributed by atoms with van der Waals surface area (Å²) in [6.45, 7) is 0. The number of hydrogen-bond acceptors (Lipinski definition) is 5. The molecule has 0 bridgehead atoms. The first-order valence-corrected chi connectivity index (χ1v) is 11.5. The van der Waals surface area contributed by atoms with Gasteiger partial charge in [0.1, 0.15) is 17.8 Å². The minimum Gasteiger partial charge on any atom is -0.320 e. The van der Waals surface area contributed by atoms with Gasteiger partial charge >= 0.3 is 11.9 Å². The summed E-state index contributed by atoms with van der Waals surface area (Å²) in [7, 11) is 1.88. The average Bonchev–Trinajstić information content (AvgIpc) is 3.56. The molecule has 1 fully saturated rings. The minimum absolute atomic E-state index is 0.102. The van der Waals surface area contributed by atoms with Gasteiger partial charge in [0.15, 0.2) is 0 Å². The molecule has 1 N–H and O–H groups in total. The standard InChI is InChI=1S/C24H21F3N8O/c1-33-13-29-31-22(33)21(14-4-2-5-14)16-8-15(19-11-28-32-30-19)9-17(10-16)35-12-20-18(24(25,26)27)6-3-7-34(20)23(35)36/h3,6-14,21H,2,4-5H2,1H3,(H,28,30,32)/t21-/m0/s1. The van der Waals surface area contributed by atoms with Gasteiger partial charge in [-0.15, -0.1) is 10.2 Å². The third-order valence-electron chi connectivity index (χ3n) is 6.94. The number of halogens is 3. The number of H-pyrrole nitrogens is 1. The van der Waals surface area contributed by atoms with E-state index in [0.29, 0.717) is 22.9 Å². The van der Waals surface area contributed by atoms with E-state index in [1.165, 1.54) is 23.0 Å². The summed E-state index contributed by atoms with van der Waals surface area (Å²) in [6, 6.07) is 7.73. The molecule has 6 rings (SSSR count). The lowest BCUT2D eigenvalue weighted by Gasteiger charge is -2.33. The Labute approximate surface area is 202 Å². The van der Waals surface area contributed by atoms with E-state index in [1.54, 1.807) is 18.6 Å². The fourth-order valence-electron chi connectivity index (χ4n) is 4.96. The molecule has 0 saturated heterocycles. The van der Waals surface area contributed by atoms with Crippen LogP contribution in [0.1, 0.15) is 42.1 Å². The summed E-state index contributed by atoms with van der Waals surface area (Å²) < 4.78 is 45.1. The Morgan fingerprint density at radius 2 is 2.03 bits per heavy atom. The molecular weight excluding hydrogens is 473 g/mol. The fourth-order valence-corrected chi connectivity index (χ4v) is 4.96. The van der Waals surface area contributed by atoms with E-state index >= 15 is 0 Å². The summed E-state index contributed by atoms with van der Waals surface area (Å²) in [4.78, 5) is 13.3. The van der Waals surface area contributed by atoms with Crippen LogP contribution in [0.5, 0.6) is 0 Å². The normalized spacial score (nSPS) is 15.3. The summed E-state index contributed by atoms with van der Waals surface area (Å²) in [6.07, 6.45) is 4.33. The van der Waals surface area contributed by atoms with E-state index in [4.69, 9.17) is 0 Å². The largest absolute Gasteiger partial charge is 0.418 e. The molecule has 184 valence electrons. The molecule has 12 heteroatoms. The first kappa shape index (κ1) is 22.3. The summed E-state index contributed by atoms with van der Waals surface area (Å²) in [5.74, 6) is 1.02. The molecule has 0 spiro atoms. The monoisotopic (exact) mass is 494 g/mol. The lowest BCUT2D eigenvalue weighted by atomic mass is 9.72. The van der Waals surface area contributed by atoms with Gasteiger partial charge in [0.25, 0.3) is 0 Å². The second-order valence-corrected chi connectivity index (χ2v) is 9.09. The third-order valence-corrected chi connectivity index (χ3v) is 6.94. The molecule has 4 aromatic heterocycles. The Morgan fingerprint density at radius 3 is 2.67 bits per heavy atom. The number of aromatic nitrogens is 8. The minimum atomic E-state index is -4.60. The van der Waals surface area contributed by atoms with Crippen molar-refractivity contribution < 1.29 is 13.2 Å². The zero-order chi connectivity index (χ0) is 25.0. The molecule has 9 nitrogen and oxygen atoms in total. The smallest absolute Gasteiger partial charge is 0.320 e. The maximum absolute atomic E-state index is 13.7. The van der Waals surface area contributed by atoms with E-state index in [2.05, 4.69) is 25.6 Å². The van der Waals surface area contributed by atoms with Crippen molar-refractivity contribution in [2.45, 2.75) is 31.4 Å². The number of pyridine rings is 1. The number of nitrogens with zero attached hydrogens (tertiary/aromatic N) is 7. The topological polar surface area (TPSA) is 98.7 Å². The van der Waals surface area contributed by atoms with Crippen molar-refractivity contribution in [2.24, 2.45) is 13.0 Å². The second kappa shape index (κ2) is 8.18. The molecule has 1 atom stereocenters. The number of rotatable bonds is 5. The molecule has 1 aromatic carbocycles. The van der Waals surface area contributed by atoms with Gasteiger partial charge in [0, 0.05) is 30.9 Å². The zero-order valence-electron chi connectivity index (χ0n) is 19.1. The number of aryl methyl sites for hydroxylation is 1. The van der Waals surface area contributed by atoms with Gasteiger partial charge in [-0.1, -0.05) is 6.42 Å². The molecule has 1 aliphatic rings. The number of imidazole rings is 1. The number of fused-ring (bicyclic) bond motifs is 1. The van der Waals surface area contributed by atoms with Crippen molar-refractivity contribution in [3.8, 4) is 16.9 Å². The second-order valence-electron chi connectivity index (χ2n) is 9.09. The van der Waals surface area contributed by atoms with Gasteiger partial charge in [-0.05, 0) is 54.7 Å². The first-order valence-electron chi connectivity index (χ1n) is 11.5. The molecule has 0 amide bonds. The van der Waals surface area contributed by atoms with Crippen LogP contribution in [0.15, 0.2) is 60.0 Å². The number of nitrogens with one attached hydrogen (secondary N) is 1. The summed E-state index contributed by atoms with van der Waals surface area (Å²) in [5, 5.41) is 19.1. The van der Waals surface area contributed by atoms with Gasteiger partial charge in [-0.25, -0.2) is 4.79 Å². The highest BCUT2D eigenvalue weighted by Gasteiger charge is 2.35. The SMILES string of the molecule is Cn1cnnc1[C@H](c1cc(-c2cn[nH]n2)cc(-n2cc3c(C(F)(F)F)cccn3c2=O)c1)C1CCC1. The fraction of sp³-hybridized carbons (Fsp3) is 0.292. The number of benzene rings is 1. The maximum atomic E-state index is 13.7. The van der Waals surface area contributed by atoms with Crippen LogP contribution in [0, 0.1) is 5.92 Å². The number of aromatic amines is 1. The highest BCUT2D eigenvalue weighted by Crippen LogP contribution is 2.44. The number of alkyl halides is 3. The predicted octanol–water partition coefficient (Wildman–Crippen LogP) is 3.95. The molecule has 0 aliphatic heterocycles. The van der Waals surface area contributed by atoms with Gasteiger partial charge < -0.3 is 4.57 Å². The Hall–Kier alpha value is -4.22. The van der Waals surface area contributed by atoms with E-state index < -0.39 is 17.4 Å². The van der Waals surface area contributed by atoms with Crippen LogP contribution in [0.25, 0.3) is 22.5 Å². The third kappa shape index (κ3) is 3.60. The van der Waals surface area contributed by atoms with Crippen molar-refractivity contribution in [2.75, 3.05) is 0 Å². The number of hydrogen-bond donors (Lipinski definition) is 1. The van der Waals surface area contributed by atoms with Crippen molar-refractivity contribution in [3.05, 3.63) is 82.7 Å². The van der Waals surface area contributed by atoms with Gasteiger partial charge in [-0.3, -0.25) is 8.97 Å². The molecular formula is C24H21F3N8O. The molecule has 5 aromatic rings. The molecule has 0 radical (unpaired) electrons. The molecule has 36 heavy (non-hydrogen) atoms. The van der Waals surface area contributed by atoms with Crippen LogP contribution in [0.2, 0.25) is 0 Å². The van der Waals surface area contributed by atoms with E-state index in [0.717, 1.165) is 41.1 Å². The van der Waals surface area contributed by atoms with Crippen LogP contribution in [-0.4, -0.2) is 39.1 Å². The van der Waals surface area contributed by atoms with Crippen LogP contribution in [0.4, 0.5) is 13.2 Å². The lowest BCUT2D eigenvalue weighted by Crippen LogP contribution is -2.24. The van der Waals surface area contributed by atoms with Crippen molar-refractivity contribution in [1.29, 1.82) is 0 Å². The van der Waals surface area contributed by atoms with E-state index in [-0.39, 0.29) is 11.4 Å². The summed E-state index contributed by atoms with van der Waals surface area (Å²) in [5.41, 5.74) is 0.853. The quantitative estimate of drug-likeness (QED) is 0.399. The molecule has 1 saturated carbocycles. The lowest BCUT2D eigenvalue weighted by molar-refractivity contribution is -0.136. The predicted molar refractivity (Wildman–Crippen MR) is 124 cm³/mol.